The third-order valence-corrected chi connectivity index (χ3v) is 3.86. The van der Waals surface area contributed by atoms with Gasteiger partial charge in [-0.15, -0.1) is 0 Å². The van der Waals surface area contributed by atoms with E-state index < -0.39 is 5.60 Å². The number of carbonyl (C=O) groups is 1. The Kier molecular flexibility index (Phi) is 5.74. The van der Waals surface area contributed by atoms with Crippen molar-refractivity contribution in [1.29, 1.82) is 0 Å². The van der Waals surface area contributed by atoms with Crippen LogP contribution in [0.15, 0.2) is 24.3 Å². The minimum Gasteiger partial charge on any atom is -0.495 e. The van der Waals surface area contributed by atoms with Gasteiger partial charge in [0, 0.05) is 12.1 Å². The summed E-state index contributed by atoms with van der Waals surface area (Å²) in [5, 5.41) is 6.52. The molecule has 5 nitrogen and oxygen atoms in total. The number of alkyl carbamates (subject to hydrolysis) is 1. The number of ether oxygens (including phenoxy) is 2. The summed E-state index contributed by atoms with van der Waals surface area (Å²) in [5.41, 5.74) is 0.534. The molecule has 2 unspecified atom stereocenters. The number of hydrogen-bond acceptors (Lipinski definition) is 4. The summed E-state index contributed by atoms with van der Waals surface area (Å²) in [6, 6.07) is 8.37. The van der Waals surface area contributed by atoms with Crippen LogP contribution >= 0.6 is 0 Å². The molecule has 1 aliphatic carbocycles. The molecule has 0 radical (unpaired) electrons. The van der Waals surface area contributed by atoms with Gasteiger partial charge in [0.25, 0.3) is 0 Å². The Morgan fingerprint density at radius 1 is 1.17 bits per heavy atom. The van der Waals surface area contributed by atoms with E-state index in [1.54, 1.807) is 7.11 Å². The van der Waals surface area contributed by atoms with E-state index in [1.807, 2.05) is 45.0 Å². The molecule has 5 heteroatoms. The second kappa shape index (κ2) is 7.57. The average Bonchev–Trinajstić information content (AvgIpc) is 2.46. The zero-order chi connectivity index (χ0) is 16.9. The highest BCUT2D eigenvalue weighted by molar-refractivity contribution is 5.68. The van der Waals surface area contributed by atoms with Crippen molar-refractivity contribution in [2.75, 3.05) is 12.4 Å². The number of hydrogen-bond donors (Lipinski definition) is 2. The first-order valence-electron chi connectivity index (χ1n) is 8.26. The summed E-state index contributed by atoms with van der Waals surface area (Å²) in [5.74, 6) is 0.842. The highest BCUT2D eigenvalue weighted by Crippen LogP contribution is 2.28. The van der Waals surface area contributed by atoms with E-state index in [4.69, 9.17) is 9.47 Å². The van der Waals surface area contributed by atoms with Gasteiger partial charge in [0.15, 0.2) is 0 Å². The summed E-state index contributed by atoms with van der Waals surface area (Å²) in [7, 11) is 1.67. The highest BCUT2D eigenvalue weighted by atomic mass is 16.6. The lowest BCUT2D eigenvalue weighted by Crippen LogP contribution is -2.43. The molecule has 1 aromatic carbocycles. The second-order valence-electron chi connectivity index (χ2n) is 7.05. The minimum absolute atomic E-state index is 0.144. The molecule has 0 heterocycles. The third kappa shape index (κ3) is 5.66. The molecule has 2 rings (SSSR count). The van der Waals surface area contributed by atoms with Crippen molar-refractivity contribution < 1.29 is 14.3 Å². The molecule has 0 aromatic heterocycles. The Bertz CT molecular complexity index is 525. The molecule has 1 aliphatic rings. The van der Waals surface area contributed by atoms with E-state index in [0.717, 1.165) is 37.1 Å². The van der Waals surface area contributed by atoms with E-state index in [2.05, 4.69) is 10.6 Å². The maximum atomic E-state index is 11.9. The molecule has 0 bridgehead atoms. The predicted octanol–water partition coefficient (Wildman–Crippen LogP) is 3.94. The van der Waals surface area contributed by atoms with Gasteiger partial charge in [-0.05, 0) is 58.6 Å². The van der Waals surface area contributed by atoms with E-state index in [1.165, 1.54) is 0 Å². The number of anilines is 1. The van der Waals surface area contributed by atoms with Gasteiger partial charge in [0.05, 0.1) is 12.8 Å². The maximum absolute atomic E-state index is 11.9. The van der Waals surface area contributed by atoms with Crippen molar-refractivity contribution in [1.82, 2.24) is 5.32 Å². The SMILES string of the molecule is COc1ccccc1NC1CCCC(NC(=O)OC(C)(C)C)C1. The molecule has 1 saturated carbocycles. The number of nitrogens with one attached hydrogen (secondary N) is 2. The highest BCUT2D eigenvalue weighted by Gasteiger charge is 2.25. The Morgan fingerprint density at radius 3 is 2.57 bits per heavy atom. The van der Waals surface area contributed by atoms with Crippen molar-refractivity contribution in [3.8, 4) is 5.75 Å². The van der Waals surface area contributed by atoms with Crippen LogP contribution in [0.1, 0.15) is 46.5 Å². The molecule has 1 aromatic rings. The van der Waals surface area contributed by atoms with Crippen molar-refractivity contribution in [3.63, 3.8) is 0 Å². The fourth-order valence-corrected chi connectivity index (χ4v) is 2.91. The first kappa shape index (κ1) is 17.4. The Morgan fingerprint density at radius 2 is 1.87 bits per heavy atom. The first-order chi connectivity index (χ1) is 10.9. The van der Waals surface area contributed by atoms with Crippen LogP contribution in [0.25, 0.3) is 0 Å². The molecule has 1 fully saturated rings. The third-order valence-electron chi connectivity index (χ3n) is 3.86. The molecular weight excluding hydrogens is 292 g/mol. The number of amides is 1. The molecule has 0 aliphatic heterocycles. The van der Waals surface area contributed by atoms with Crippen molar-refractivity contribution >= 4 is 11.8 Å². The average molecular weight is 320 g/mol. The predicted molar refractivity (Wildman–Crippen MR) is 92.0 cm³/mol. The Labute approximate surface area is 138 Å². The number of benzene rings is 1. The summed E-state index contributed by atoms with van der Waals surface area (Å²) in [4.78, 5) is 11.9. The summed E-state index contributed by atoms with van der Waals surface area (Å²) in [6.07, 6.45) is 3.71. The van der Waals surface area contributed by atoms with Crippen LogP contribution in [0.5, 0.6) is 5.75 Å². The number of carbonyl (C=O) groups excluding carboxylic acids is 1. The van der Waals surface area contributed by atoms with Gasteiger partial charge in [-0.3, -0.25) is 0 Å². The molecule has 23 heavy (non-hydrogen) atoms. The molecular formula is C18H28N2O3. The lowest BCUT2D eigenvalue weighted by Gasteiger charge is -2.32. The number of rotatable bonds is 4. The molecule has 2 atom stereocenters. The van der Waals surface area contributed by atoms with Gasteiger partial charge < -0.3 is 20.1 Å². The van der Waals surface area contributed by atoms with Gasteiger partial charge in [-0.1, -0.05) is 12.1 Å². The smallest absolute Gasteiger partial charge is 0.407 e. The lowest BCUT2D eigenvalue weighted by molar-refractivity contribution is 0.0492. The monoisotopic (exact) mass is 320 g/mol. The van der Waals surface area contributed by atoms with Crippen LogP contribution in [-0.2, 0) is 4.74 Å². The molecule has 128 valence electrons. The molecule has 2 N–H and O–H groups in total. The molecule has 0 saturated heterocycles. The Balaban J connectivity index is 1.89. The van der Waals surface area contributed by atoms with Crippen molar-refractivity contribution in [3.05, 3.63) is 24.3 Å². The van der Waals surface area contributed by atoms with Gasteiger partial charge in [-0.25, -0.2) is 4.79 Å². The van der Waals surface area contributed by atoms with Crippen LogP contribution in [0.4, 0.5) is 10.5 Å². The van der Waals surface area contributed by atoms with E-state index >= 15 is 0 Å². The van der Waals surface area contributed by atoms with Crippen LogP contribution in [0.2, 0.25) is 0 Å². The quantitative estimate of drug-likeness (QED) is 0.882. The lowest BCUT2D eigenvalue weighted by atomic mass is 9.91. The fraction of sp³-hybridized carbons (Fsp3) is 0.611. The first-order valence-corrected chi connectivity index (χ1v) is 8.26. The largest absolute Gasteiger partial charge is 0.495 e. The van der Waals surface area contributed by atoms with Crippen molar-refractivity contribution in [2.24, 2.45) is 0 Å². The Hall–Kier alpha value is -1.91. The number of methoxy groups -OCH3 is 1. The summed E-state index contributed by atoms with van der Waals surface area (Å²) < 4.78 is 10.7. The molecule has 0 spiro atoms. The minimum atomic E-state index is -0.464. The standard InChI is InChI=1S/C18H28N2O3/c1-18(2,3)23-17(21)20-14-9-7-8-13(12-14)19-15-10-5-6-11-16(15)22-4/h5-6,10-11,13-14,19H,7-9,12H2,1-4H3,(H,20,21). The van der Waals surface area contributed by atoms with Gasteiger partial charge in [0.2, 0.25) is 0 Å². The van der Waals surface area contributed by atoms with E-state index in [9.17, 15) is 4.79 Å². The van der Waals surface area contributed by atoms with Gasteiger partial charge in [0.1, 0.15) is 11.4 Å². The number of para-hydroxylation sites is 2. The zero-order valence-electron chi connectivity index (χ0n) is 14.5. The van der Waals surface area contributed by atoms with Crippen LogP contribution in [-0.4, -0.2) is 30.9 Å². The second-order valence-corrected chi connectivity index (χ2v) is 7.05. The fourth-order valence-electron chi connectivity index (χ4n) is 2.91. The van der Waals surface area contributed by atoms with E-state index in [-0.39, 0.29) is 12.1 Å². The van der Waals surface area contributed by atoms with Crippen LogP contribution in [0, 0.1) is 0 Å². The van der Waals surface area contributed by atoms with Gasteiger partial charge in [-0.2, -0.15) is 0 Å². The maximum Gasteiger partial charge on any atom is 0.407 e. The van der Waals surface area contributed by atoms with Crippen molar-refractivity contribution in [2.45, 2.75) is 64.1 Å². The topological polar surface area (TPSA) is 59.6 Å². The summed E-state index contributed by atoms with van der Waals surface area (Å²) in [6.45, 7) is 5.62. The zero-order valence-corrected chi connectivity index (χ0v) is 14.5. The van der Waals surface area contributed by atoms with Crippen LogP contribution in [0.3, 0.4) is 0 Å². The molecule has 1 amide bonds. The van der Waals surface area contributed by atoms with E-state index in [0.29, 0.717) is 6.04 Å². The van der Waals surface area contributed by atoms with Crippen LogP contribution < -0.4 is 15.4 Å². The summed E-state index contributed by atoms with van der Waals surface area (Å²) >= 11 is 0. The van der Waals surface area contributed by atoms with Gasteiger partial charge >= 0.3 is 6.09 Å². The normalized spacial score (nSPS) is 21.4.